The first-order valence-electron chi connectivity index (χ1n) is 5.83. The minimum Gasteiger partial charge on any atom is -0.300 e. The maximum absolute atomic E-state index is 11.4. The monoisotopic (exact) mass is 196 g/mol. The molecule has 0 aromatic rings. The lowest BCUT2D eigenvalue weighted by Crippen LogP contribution is -2.27. The standard InChI is InChI=1S/C13H24O/c1-12(2,3)8-9-13(4)7-5-6-11(14)10-13/h5-10H2,1-4H3/t13-/m1/s1. The van der Waals surface area contributed by atoms with Crippen molar-refractivity contribution >= 4 is 5.78 Å². The number of carbonyl (C=O) groups excluding carboxylic acids is 1. The molecule has 0 spiro atoms. The maximum Gasteiger partial charge on any atom is 0.133 e. The van der Waals surface area contributed by atoms with Crippen molar-refractivity contribution in [1.82, 2.24) is 0 Å². The van der Waals surface area contributed by atoms with Crippen LogP contribution in [0.1, 0.15) is 66.2 Å². The number of ketones is 1. The molecule has 1 aliphatic carbocycles. The van der Waals surface area contributed by atoms with Crippen molar-refractivity contribution in [3.63, 3.8) is 0 Å². The maximum atomic E-state index is 11.4. The second-order valence-electron chi connectivity index (χ2n) is 6.44. The molecule has 14 heavy (non-hydrogen) atoms. The van der Waals surface area contributed by atoms with Gasteiger partial charge in [0, 0.05) is 12.8 Å². The van der Waals surface area contributed by atoms with Crippen LogP contribution < -0.4 is 0 Å². The van der Waals surface area contributed by atoms with Crippen molar-refractivity contribution in [2.24, 2.45) is 10.8 Å². The second kappa shape index (κ2) is 4.04. The highest BCUT2D eigenvalue weighted by Crippen LogP contribution is 2.40. The summed E-state index contributed by atoms with van der Waals surface area (Å²) in [6, 6.07) is 0. The van der Waals surface area contributed by atoms with E-state index in [1.54, 1.807) is 0 Å². The molecule has 0 aromatic heterocycles. The second-order valence-corrected chi connectivity index (χ2v) is 6.44. The Bertz CT molecular complexity index is 212. The predicted octanol–water partition coefficient (Wildman–Crippen LogP) is 3.96. The van der Waals surface area contributed by atoms with Gasteiger partial charge in [0.15, 0.2) is 0 Å². The van der Waals surface area contributed by atoms with Gasteiger partial charge in [-0.3, -0.25) is 4.79 Å². The summed E-state index contributed by atoms with van der Waals surface area (Å²) in [6.45, 7) is 9.12. The zero-order valence-corrected chi connectivity index (χ0v) is 10.2. The fourth-order valence-electron chi connectivity index (χ4n) is 2.26. The molecule has 0 radical (unpaired) electrons. The van der Waals surface area contributed by atoms with Crippen molar-refractivity contribution in [2.45, 2.75) is 66.2 Å². The molecule has 1 nitrogen and oxygen atoms in total. The van der Waals surface area contributed by atoms with Crippen molar-refractivity contribution in [2.75, 3.05) is 0 Å². The quantitative estimate of drug-likeness (QED) is 0.653. The number of Topliss-reactive ketones (excluding diaryl/α,β-unsaturated/α-hetero) is 1. The van der Waals surface area contributed by atoms with E-state index >= 15 is 0 Å². The van der Waals surface area contributed by atoms with Gasteiger partial charge < -0.3 is 0 Å². The molecule has 0 bridgehead atoms. The molecule has 1 fully saturated rings. The van der Waals surface area contributed by atoms with Gasteiger partial charge in [0.1, 0.15) is 5.78 Å². The minimum atomic E-state index is 0.308. The molecule has 1 atom stereocenters. The van der Waals surface area contributed by atoms with Crippen LogP contribution in [-0.4, -0.2) is 5.78 Å². The molecule has 1 saturated carbocycles. The molecule has 1 rings (SSSR count). The highest BCUT2D eigenvalue weighted by molar-refractivity contribution is 5.79. The Hall–Kier alpha value is -0.330. The minimum absolute atomic E-state index is 0.308. The lowest BCUT2D eigenvalue weighted by molar-refractivity contribution is -0.123. The zero-order chi connectivity index (χ0) is 10.8. The third kappa shape index (κ3) is 3.81. The van der Waals surface area contributed by atoms with Crippen molar-refractivity contribution in [3.05, 3.63) is 0 Å². The Morgan fingerprint density at radius 1 is 1.36 bits per heavy atom. The van der Waals surface area contributed by atoms with Crippen LogP contribution in [0.25, 0.3) is 0 Å². The van der Waals surface area contributed by atoms with Gasteiger partial charge in [-0.2, -0.15) is 0 Å². The Morgan fingerprint density at radius 2 is 2.00 bits per heavy atom. The van der Waals surface area contributed by atoms with Crippen LogP contribution in [-0.2, 0) is 4.79 Å². The Morgan fingerprint density at radius 3 is 2.50 bits per heavy atom. The molecule has 1 heteroatoms. The van der Waals surface area contributed by atoms with Gasteiger partial charge in [-0.1, -0.05) is 27.7 Å². The Balaban J connectivity index is 2.45. The van der Waals surface area contributed by atoms with Gasteiger partial charge in [-0.05, 0) is 36.5 Å². The van der Waals surface area contributed by atoms with Crippen molar-refractivity contribution in [1.29, 1.82) is 0 Å². The summed E-state index contributed by atoms with van der Waals surface area (Å²) in [5.41, 5.74) is 0.714. The van der Waals surface area contributed by atoms with E-state index in [1.165, 1.54) is 19.3 Å². The number of hydrogen-bond donors (Lipinski definition) is 0. The van der Waals surface area contributed by atoms with Crippen molar-refractivity contribution in [3.8, 4) is 0 Å². The van der Waals surface area contributed by atoms with Gasteiger partial charge >= 0.3 is 0 Å². The summed E-state index contributed by atoms with van der Waals surface area (Å²) in [4.78, 5) is 11.4. The van der Waals surface area contributed by atoms with Crippen LogP contribution in [0.3, 0.4) is 0 Å². The van der Waals surface area contributed by atoms with Gasteiger partial charge in [0.2, 0.25) is 0 Å². The Kier molecular flexibility index (Phi) is 3.39. The van der Waals surface area contributed by atoms with E-state index in [1.807, 2.05) is 0 Å². The largest absolute Gasteiger partial charge is 0.300 e. The SMILES string of the molecule is CC(C)(C)CC[C@@]1(C)CCCC(=O)C1. The summed E-state index contributed by atoms with van der Waals surface area (Å²) < 4.78 is 0. The molecule has 0 aromatic carbocycles. The van der Waals surface area contributed by atoms with Gasteiger partial charge in [-0.25, -0.2) is 0 Å². The summed E-state index contributed by atoms with van der Waals surface area (Å²) in [6.07, 6.45) is 6.45. The molecule has 0 saturated heterocycles. The first kappa shape index (κ1) is 11.7. The first-order chi connectivity index (χ1) is 6.31. The van der Waals surface area contributed by atoms with E-state index in [0.29, 0.717) is 16.6 Å². The first-order valence-corrected chi connectivity index (χ1v) is 5.83. The molecule has 0 aliphatic heterocycles. The smallest absolute Gasteiger partial charge is 0.133 e. The van der Waals surface area contributed by atoms with Crippen LogP contribution in [0.15, 0.2) is 0 Å². The Labute approximate surface area is 88.3 Å². The van der Waals surface area contributed by atoms with Crippen LogP contribution >= 0.6 is 0 Å². The highest BCUT2D eigenvalue weighted by Gasteiger charge is 2.31. The fourth-order valence-corrected chi connectivity index (χ4v) is 2.26. The van der Waals surface area contributed by atoms with Crippen LogP contribution in [0.4, 0.5) is 0 Å². The third-order valence-corrected chi connectivity index (χ3v) is 3.34. The van der Waals surface area contributed by atoms with Gasteiger partial charge in [0.25, 0.3) is 0 Å². The fraction of sp³-hybridized carbons (Fsp3) is 0.923. The predicted molar refractivity (Wildman–Crippen MR) is 60.3 cm³/mol. The van der Waals surface area contributed by atoms with Gasteiger partial charge in [0.05, 0.1) is 0 Å². The van der Waals surface area contributed by atoms with Crippen molar-refractivity contribution < 1.29 is 4.79 Å². The molecule has 0 amide bonds. The van der Waals surface area contributed by atoms with E-state index in [9.17, 15) is 4.79 Å². The number of carbonyl (C=O) groups is 1. The summed E-state index contributed by atoms with van der Waals surface area (Å²) in [5, 5.41) is 0. The molecular weight excluding hydrogens is 172 g/mol. The van der Waals surface area contributed by atoms with Crippen LogP contribution in [0.5, 0.6) is 0 Å². The molecule has 0 unspecified atom stereocenters. The molecule has 0 N–H and O–H groups in total. The topological polar surface area (TPSA) is 17.1 Å². The molecular formula is C13H24O. The highest BCUT2D eigenvalue weighted by atomic mass is 16.1. The average molecular weight is 196 g/mol. The van der Waals surface area contributed by atoms with E-state index in [0.717, 1.165) is 19.3 Å². The molecule has 82 valence electrons. The lowest BCUT2D eigenvalue weighted by atomic mass is 9.70. The zero-order valence-electron chi connectivity index (χ0n) is 10.2. The molecule has 0 heterocycles. The summed E-state index contributed by atoms with van der Waals surface area (Å²) in [7, 11) is 0. The van der Waals surface area contributed by atoms with Crippen LogP contribution in [0.2, 0.25) is 0 Å². The van der Waals surface area contributed by atoms with E-state index in [-0.39, 0.29) is 0 Å². The number of hydrogen-bond acceptors (Lipinski definition) is 1. The molecule has 1 aliphatic rings. The van der Waals surface area contributed by atoms with Crippen LogP contribution in [0, 0.1) is 10.8 Å². The summed E-state index contributed by atoms with van der Waals surface area (Å²) >= 11 is 0. The van der Waals surface area contributed by atoms with Gasteiger partial charge in [-0.15, -0.1) is 0 Å². The van der Waals surface area contributed by atoms with E-state index < -0.39 is 0 Å². The lowest BCUT2D eigenvalue weighted by Gasteiger charge is -2.35. The average Bonchev–Trinajstić information content (AvgIpc) is 1.99. The van der Waals surface area contributed by atoms with E-state index in [2.05, 4.69) is 27.7 Å². The summed E-state index contributed by atoms with van der Waals surface area (Å²) in [5.74, 6) is 0.479. The normalized spacial score (nSPS) is 29.3. The number of rotatable bonds is 2. The van der Waals surface area contributed by atoms with E-state index in [4.69, 9.17) is 0 Å². The third-order valence-electron chi connectivity index (χ3n) is 3.34.